The standard InChI is InChI=1S/C25H24N6/c1-17-3-2-4-23(29-17)25-28-12-9-22(31-25)15-21-8-11-27-24(30-21)14-18-5-6-19-7-10-26-16-20(19)13-18/h2-6,8-9,11-13,26H,7,10,14-16H2,1H3. The molecule has 0 atom stereocenters. The summed E-state index contributed by atoms with van der Waals surface area (Å²) in [5.74, 6) is 1.47. The number of rotatable bonds is 5. The SMILES string of the molecule is Cc1cccc(-c2nccc(Cc3ccnc(Cc4ccc5c(c4)CNCC5)n3)n2)n1. The highest BCUT2D eigenvalue weighted by Gasteiger charge is 2.11. The van der Waals surface area contributed by atoms with Crippen LogP contribution in [0.1, 0.15) is 39.6 Å². The normalized spacial score (nSPS) is 13.1. The molecule has 6 heteroatoms. The predicted molar refractivity (Wildman–Crippen MR) is 119 cm³/mol. The van der Waals surface area contributed by atoms with Gasteiger partial charge in [0.05, 0.1) is 11.4 Å². The van der Waals surface area contributed by atoms with Crippen LogP contribution in [0.3, 0.4) is 0 Å². The molecule has 0 aliphatic carbocycles. The van der Waals surface area contributed by atoms with Crippen LogP contribution in [0.2, 0.25) is 0 Å². The van der Waals surface area contributed by atoms with Crippen molar-refractivity contribution in [2.75, 3.05) is 6.54 Å². The van der Waals surface area contributed by atoms with Crippen molar-refractivity contribution in [3.63, 3.8) is 0 Å². The smallest absolute Gasteiger partial charge is 0.178 e. The fourth-order valence-corrected chi connectivity index (χ4v) is 3.92. The van der Waals surface area contributed by atoms with Crippen molar-refractivity contribution in [1.29, 1.82) is 0 Å². The lowest BCUT2D eigenvalue weighted by Crippen LogP contribution is -2.23. The molecule has 154 valence electrons. The molecular formula is C25H24N6. The van der Waals surface area contributed by atoms with Gasteiger partial charge in [0, 0.05) is 37.5 Å². The highest BCUT2D eigenvalue weighted by Crippen LogP contribution is 2.18. The summed E-state index contributed by atoms with van der Waals surface area (Å²) in [5.41, 5.74) is 7.67. The first-order chi connectivity index (χ1) is 15.2. The van der Waals surface area contributed by atoms with Gasteiger partial charge in [-0.1, -0.05) is 24.3 Å². The maximum atomic E-state index is 4.79. The average Bonchev–Trinajstić information content (AvgIpc) is 2.79. The molecule has 0 unspecified atom stereocenters. The molecule has 1 N–H and O–H groups in total. The lowest BCUT2D eigenvalue weighted by molar-refractivity contribution is 0.643. The first kappa shape index (κ1) is 19.5. The molecule has 0 spiro atoms. The van der Waals surface area contributed by atoms with E-state index < -0.39 is 0 Å². The van der Waals surface area contributed by atoms with Crippen LogP contribution in [-0.4, -0.2) is 31.5 Å². The maximum Gasteiger partial charge on any atom is 0.178 e. The van der Waals surface area contributed by atoms with Crippen LogP contribution in [0.5, 0.6) is 0 Å². The topological polar surface area (TPSA) is 76.5 Å². The first-order valence-corrected chi connectivity index (χ1v) is 10.6. The van der Waals surface area contributed by atoms with E-state index in [0.29, 0.717) is 12.2 Å². The number of pyridine rings is 1. The van der Waals surface area contributed by atoms with Crippen LogP contribution in [0.25, 0.3) is 11.5 Å². The Labute approximate surface area is 181 Å². The number of nitrogens with zero attached hydrogens (tertiary/aromatic N) is 5. The minimum Gasteiger partial charge on any atom is -0.312 e. The zero-order valence-electron chi connectivity index (χ0n) is 17.5. The van der Waals surface area contributed by atoms with Crippen molar-refractivity contribution in [1.82, 2.24) is 30.2 Å². The lowest BCUT2D eigenvalue weighted by Gasteiger charge is -2.17. The van der Waals surface area contributed by atoms with Crippen molar-refractivity contribution in [2.24, 2.45) is 0 Å². The molecule has 4 heterocycles. The van der Waals surface area contributed by atoms with Gasteiger partial charge in [-0.15, -0.1) is 0 Å². The Balaban J connectivity index is 1.33. The molecule has 31 heavy (non-hydrogen) atoms. The van der Waals surface area contributed by atoms with Gasteiger partial charge in [0.15, 0.2) is 5.82 Å². The molecule has 0 fully saturated rings. The van der Waals surface area contributed by atoms with E-state index in [1.54, 1.807) is 6.20 Å². The second kappa shape index (κ2) is 8.70. The third-order valence-electron chi connectivity index (χ3n) is 5.48. The van der Waals surface area contributed by atoms with Crippen LogP contribution < -0.4 is 5.32 Å². The largest absolute Gasteiger partial charge is 0.312 e. The fraction of sp³-hybridized carbons (Fsp3) is 0.240. The van der Waals surface area contributed by atoms with Crippen LogP contribution in [0, 0.1) is 6.92 Å². The van der Waals surface area contributed by atoms with Gasteiger partial charge < -0.3 is 5.32 Å². The number of hydrogen-bond acceptors (Lipinski definition) is 6. The Bertz CT molecular complexity index is 1220. The molecule has 6 nitrogen and oxygen atoms in total. The van der Waals surface area contributed by atoms with E-state index in [0.717, 1.165) is 54.5 Å². The second-order valence-corrected chi connectivity index (χ2v) is 7.88. The highest BCUT2D eigenvalue weighted by molar-refractivity contribution is 5.49. The summed E-state index contributed by atoms with van der Waals surface area (Å²) in [6, 6.07) is 16.5. The predicted octanol–water partition coefficient (Wildman–Crippen LogP) is 3.46. The molecule has 0 saturated carbocycles. The van der Waals surface area contributed by atoms with Gasteiger partial charge in [0.2, 0.25) is 0 Å². The molecule has 0 amide bonds. The summed E-state index contributed by atoms with van der Waals surface area (Å²) in [6.07, 6.45) is 6.07. The van der Waals surface area contributed by atoms with Gasteiger partial charge in [-0.2, -0.15) is 0 Å². The number of aryl methyl sites for hydroxylation is 1. The second-order valence-electron chi connectivity index (χ2n) is 7.88. The zero-order chi connectivity index (χ0) is 21.0. The van der Waals surface area contributed by atoms with Crippen LogP contribution in [0.15, 0.2) is 60.9 Å². The summed E-state index contributed by atoms with van der Waals surface area (Å²) < 4.78 is 0. The molecular weight excluding hydrogens is 384 g/mol. The van der Waals surface area contributed by atoms with E-state index in [1.165, 1.54) is 16.7 Å². The molecule has 1 aliphatic rings. The van der Waals surface area contributed by atoms with Crippen molar-refractivity contribution >= 4 is 0 Å². The van der Waals surface area contributed by atoms with Gasteiger partial charge in [-0.3, -0.25) is 0 Å². The Morgan fingerprint density at radius 1 is 0.839 bits per heavy atom. The van der Waals surface area contributed by atoms with Crippen molar-refractivity contribution in [2.45, 2.75) is 32.7 Å². The quantitative estimate of drug-likeness (QED) is 0.545. The molecule has 0 radical (unpaired) electrons. The van der Waals surface area contributed by atoms with Crippen molar-refractivity contribution < 1.29 is 0 Å². The monoisotopic (exact) mass is 408 g/mol. The Kier molecular flexibility index (Phi) is 5.46. The molecule has 0 bridgehead atoms. The summed E-state index contributed by atoms with van der Waals surface area (Å²) in [7, 11) is 0. The molecule has 3 aromatic heterocycles. The average molecular weight is 409 g/mol. The summed E-state index contributed by atoms with van der Waals surface area (Å²) in [4.78, 5) is 22.9. The van der Waals surface area contributed by atoms with Crippen LogP contribution >= 0.6 is 0 Å². The van der Waals surface area contributed by atoms with Crippen molar-refractivity contribution in [3.05, 3.63) is 101 Å². The number of hydrogen-bond donors (Lipinski definition) is 1. The third kappa shape index (κ3) is 4.64. The zero-order valence-corrected chi connectivity index (χ0v) is 17.5. The van der Waals surface area contributed by atoms with E-state index in [1.807, 2.05) is 43.5 Å². The molecule has 0 saturated heterocycles. The molecule has 4 aromatic rings. The number of nitrogens with one attached hydrogen (secondary N) is 1. The van der Waals surface area contributed by atoms with Crippen LogP contribution in [0.4, 0.5) is 0 Å². The summed E-state index contributed by atoms with van der Waals surface area (Å²) >= 11 is 0. The molecule has 5 rings (SSSR count). The van der Waals surface area contributed by atoms with E-state index in [2.05, 4.69) is 38.5 Å². The number of aromatic nitrogens is 5. The first-order valence-electron chi connectivity index (χ1n) is 10.6. The van der Waals surface area contributed by atoms with Gasteiger partial charge in [-0.25, -0.2) is 24.9 Å². The van der Waals surface area contributed by atoms with E-state index in [4.69, 9.17) is 9.97 Å². The number of fused-ring (bicyclic) bond motifs is 1. The molecule has 1 aromatic carbocycles. The van der Waals surface area contributed by atoms with Gasteiger partial charge in [0.1, 0.15) is 11.5 Å². The summed E-state index contributed by atoms with van der Waals surface area (Å²) in [5, 5.41) is 3.44. The summed E-state index contributed by atoms with van der Waals surface area (Å²) in [6.45, 7) is 3.97. The Hall–Kier alpha value is -3.51. The van der Waals surface area contributed by atoms with Gasteiger partial charge in [-0.05, 0) is 60.8 Å². The molecule has 1 aliphatic heterocycles. The maximum absolute atomic E-state index is 4.79. The van der Waals surface area contributed by atoms with E-state index >= 15 is 0 Å². The number of benzene rings is 1. The van der Waals surface area contributed by atoms with Gasteiger partial charge >= 0.3 is 0 Å². The lowest BCUT2D eigenvalue weighted by atomic mass is 9.97. The highest BCUT2D eigenvalue weighted by atomic mass is 14.9. The van der Waals surface area contributed by atoms with Gasteiger partial charge in [0.25, 0.3) is 0 Å². The van der Waals surface area contributed by atoms with Crippen molar-refractivity contribution in [3.8, 4) is 11.5 Å². The minimum atomic E-state index is 0.630. The minimum absolute atomic E-state index is 0.630. The third-order valence-corrected chi connectivity index (χ3v) is 5.48. The Morgan fingerprint density at radius 3 is 2.61 bits per heavy atom. The van der Waals surface area contributed by atoms with E-state index in [9.17, 15) is 0 Å². The van der Waals surface area contributed by atoms with E-state index in [-0.39, 0.29) is 0 Å². The fourth-order valence-electron chi connectivity index (χ4n) is 3.92. The Morgan fingerprint density at radius 2 is 1.71 bits per heavy atom. The van der Waals surface area contributed by atoms with Crippen LogP contribution in [-0.2, 0) is 25.8 Å².